The van der Waals surface area contributed by atoms with Crippen LogP contribution < -0.4 is 4.72 Å². The zero-order valence-electron chi connectivity index (χ0n) is 18.2. The minimum absolute atomic E-state index is 0.139. The van der Waals surface area contributed by atoms with E-state index in [2.05, 4.69) is 9.97 Å². The molecular weight excluding hydrogens is 455 g/mol. The van der Waals surface area contributed by atoms with Gasteiger partial charge in [0.2, 0.25) is 0 Å². The average molecular weight is 481 g/mol. The Hall–Kier alpha value is -2.79. The predicted octanol–water partition coefficient (Wildman–Crippen LogP) is 4.41. The summed E-state index contributed by atoms with van der Waals surface area (Å²) in [6, 6.07) is 7.04. The molecule has 32 heavy (non-hydrogen) atoms. The molecule has 2 aromatic heterocycles. The molecule has 0 spiro atoms. The molecule has 1 aromatic carbocycles. The summed E-state index contributed by atoms with van der Waals surface area (Å²) in [5.41, 5.74) is 0.0293. The van der Waals surface area contributed by atoms with Gasteiger partial charge in [-0.1, -0.05) is 38.1 Å². The van der Waals surface area contributed by atoms with Crippen molar-refractivity contribution in [2.45, 2.75) is 50.5 Å². The minimum Gasteiger partial charge on any atom is -0.464 e. The molecule has 0 aliphatic rings. The van der Waals surface area contributed by atoms with Gasteiger partial charge in [0.05, 0.1) is 5.01 Å². The molecule has 2 N–H and O–H groups in total. The molecule has 2 heterocycles. The van der Waals surface area contributed by atoms with Gasteiger partial charge in [-0.3, -0.25) is 0 Å². The van der Waals surface area contributed by atoms with E-state index < -0.39 is 21.8 Å². The maximum absolute atomic E-state index is 14.3. The number of imidazole rings is 1. The van der Waals surface area contributed by atoms with E-state index in [1.165, 1.54) is 13.8 Å². The third-order valence-corrected chi connectivity index (χ3v) is 7.42. The first-order chi connectivity index (χ1) is 14.9. The summed E-state index contributed by atoms with van der Waals surface area (Å²) >= 11 is 0.965. The van der Waals surface area contributed by atoms with Crippen molar-refractivity contribution in [2.75, 3.05) is 0 Å². The van der Waals surface area contributed by atoms with Gasteiger partial charge < -0.3 is 9.67 Å². The van der Waals surface area contributed by atoms with Gasteiger partial charge in [0.1, 0.15) is 11.5 Å². The van der Waals surface area contributed by atoms with Crippen LogP contribution in [-0.2, 0) is 28.7 Å². The van der Waals surface area contributed by atoms with Crippen LogP contribution in [0.25, 0.3) is 11.3 Å². The van der Waals surface area contributed by atoms with Crippen LogP contribution in [0.4, 0.5) is 9.18 Å². The number of carbonyl (C=O) groups is 1. The molecular formula is C21H25FN4O4S2. The monoisotopic (exact) mass is 480 g/mol. The van der Waals surface area contributed by atoms with Gasteiger partial charge in [-0.25, -0.2) is 32.3 Å². The number of carboxylic acid groups (broad SMARTS) is 1. The second-order valence-corrected chi connectivity index (χ2v) is 11.3. The molecule has 0 radical (unpaired) electrons. The Morgan fingerprint density at radius 2 is 1.94 bits per heavy atom. The Kier molecular flexibility index (Phi) is 6.70. The van der Waals surface area contributed by atoms with E-state index in [9.17, 15) is 17.6 Å². The number of nitrogens with one attached hydrogen (secondary N) is 1. The first kappa shape index (κ1) is 23.9. The lowest BCUT2D eigenvalue weighted by molar-refractivity contribution is 0.199. The highest BCUT2D eigenvalue weighted by Crippen LogP contribution is 2.33. The predicted molar refractivity (Wildman–Crippen MR) is 120 cm³/mol. The Balaban J connectivity index is 1.95. The average Bonchev–Trinajstić information content (AvgIpc) is 3.28. The molecule has 172 valence electrons. The van der Waals surface area contributed by atoms with Crippen LogP contribution in [0.15, 0.2) is 40.9 Å². The van der Waals surface area contributed by atoms with Crippen LogP contribution in [0.3, 0.4) is 0 Å². The smallest absolute Gasteiger partial charge is 0.418 e. The van der Waals surface area contributed by atoms with Gasteiger partial charge in [-0.15, -0.1) is 11.3 Å². The number of alkyl halides is 1. The molecule has 3 rings (SSSR count). The molecule has 8 nitrogen and oxygen atoms in total. The fraction of sp³-hybridized carbons (Fsp3) is 0.381. The Labute approximate surface area is 190 Å². The number of sulfonamides is 1. The first-order valence-corrected chi connectivity index (χ1v) is 12.2. The normalized spacial score (nSPS) is 12.3. The van der Waals surface area contributed by atoms with Gasteiger partial charge >= 0.3 is 6.09 Å². The molecule has 0 unspecified atom stereocenters. The zero-order valence-corrected chi connectivity index (χ0v) is 19.8. The number of thiazole rings is 1. The number of rotatable bonds is 8. The number of amides is 1. The fourth-order valence-corrected chi connectivity index (χ4v) is 5.85. The van der Waals surface area contributed by atoms with E-state index >= 15 is 0 Å². The summed E-state index contributed by atoms with van der Waals surface area (Å²) in [4.78, 5) is 19.6. The number of hydrogen-bond donors (Lipinski definition) is 2. The summed E-state index contributed by atoms with van der Waals surface area (Å²) in [5.74, 6) is 0.566. The lowest BCUT2D eigenvalue weighted by Crippen LogP contribution is -2.28. The highest BCUT2D eigenvalue weighted by molar-refractivity contribution is 7.92. The number of benzene rings is 1. The van der Waals surface area contributed by atoms with Crippen molar-refractivity contribution in [1.82, 2.24) is 19.3 Å². The summed E-state index contributed by atoms with van der Waals surface area (Å²) in [6.07, 6.45) is 2.16. The third-order valence-electron chi connectivity index (χ3n) is 4.52. The summed E-state index contributed by atoms with van der Waals surface area (Å²) in [7, 11) is -4.27. The van der Waals surface area contributed by atoms with Crippen LogP contribution in [-0.4, -0.2) is 34.2 Å². The van der Waals surface area contributed by atoms with Crippen molar-refractivity contribution in [2.24, 2.45) is 5.92 Å². The van der Waals surface area contributed by atoms with Crippen molar-refractivity contribution in [3.63, 3.8) is 0 Å². The zero-order chi connectivity index (χ0) is 23.7. The van der Waals surface area contributed by atoms with E-state index in [-0.39, 0.29) is 15.8 Å². The van der Waals surface area contributed by atoms with Crippen LogP contribution in [0.5, 0.6) is 0 Å². The minimum atomic E-state index is -4.27. The molecule has 0 saturated heterocycles. The molecule has 1 amide bonds. The van der Waals surface area contributed by atoms with Crippen molar-refractivity contribution in [3.8, 4) is 11.3 Å². The quantitative estimate of drug-likeness (QED) is 0.493. The Morgan fingerprint density at radius 1 is 1.28 bits per heavy atom. The Bertz CT molecular complexity index is 1210. The van der Waals surface area contributed by atoms with Crippen molar-refractivity contribution >= 4 is 27.5 Å². The maximum atomic E-state index is 14.3. The lowest BCUT2D eigenvalue weighted by atomic mass is 10.1. The van der Waals surface area contributed by atoms with E-state index in [1.807, 2.05) is 13.8 Å². The molecule has 0 fully saturated rings. The first-order valence-electron chi connectivity index (χ1n) is 9.92. The topological polar surface area (TPSA) is 114 Å². The largest absolute Gasteiger partial charge is 0.464 e. The van der Waals surface area contributed by atoms with Crippen molar-refractivity contribution < 1.29 is 22.7 Å². The highest BCUT2D eigenvalue weighted by atomic mass is 32.2. The lowest BCUT2D eigenvalue weighted by Gasteiger charge is -2.16. The second kappa shape index (κ2) is 8.99. The highest BCUT2D eigenvalue weighted by Gasteiger charge is 2.27. The number of aromatic nitrogens is 3. The van der Waals surface area contributed by atoms with E-state index in [1.54, 1.807) is 45.9 Å². The SMILES string of the molecule is CC(C)Cc1nc(-c2ccc(Cn3ccnc3C(C)(C)F)cc2)c(S(=O)(=O)NC(=O)O)s1. The number of hydrogen-bond acceptors (Lipinski definition) is 6. The van der Waals surface area contributed by atoms with Gasteiger partial charge in [-0.2, -0.15) is 0 Å². The maximum Gasteiger partial charge on any atom is 0.418 e. The number of halogens is 1. The third kappa shape index (κ3) is 5.52. The molecule has 0 atom stereocenters. The van der Waals surface area contributed by atoms with E-state index in [4.69, 9.17) is 5.11 Å². The van der Waals surface area contributed by atoms with Gasteiger partial charge in [0.25, 0.3) is 10.0 Å². The summed E-state index contributed by atoms with van der Waals surface area (Å²) in [6.45, 7) is 7.26. The van der Waals surface area contributed by atoms with E-state index in [0.717, 1.165) is 16.9 Å². The molecule has 0 bridgehead atoms. The van der Waals surface area contributed by atoms with Gasteiger partial charge in [0.15, 0.2) is 9.88 Å². The Morgan fingerprint density at radius 3 is 2.50 bits per heavy atom. The van der Waals surface area contributed by atoms with Crippen LogP contribution in [0.1, 0.15) is 44.1 Å². The van der Waals surface area contributed by atoms with Gasteiger partial charge in [0, 0.05) is 30.9 Å². The van der Waals surface area contributed by atoms with Crippen LogP contribution in [0, 0.1) is 5.92 Å². The molecule has 0 aliphatic heterocycles. The molecule has 3 aromatic rings. The molecule has 0 saturated carbocycles. The van der Waals surface area contributed by atoms with Crippen molar-refractivity contribution in [3.05, 3.63) is 53.1 Å². The van der Waals surface area contributed by atoms with Crippen LogP contribution in [0.2, 0.25) is 0 Å². The summed E-state index contributed by atoms with van der Waals surface area (Å²) in [5, 5.41) is 9.53. The second-order valence-electron chi connectivity index (χ2n) is 8.30. The van der Waals surface area contributed by atoms with Crippen molar-refractivity contribution in [1.29, 1.82) is 0 Å². The molecule has 11 heteroatoms. The van der Waals surface area contributed by atoms with Crippen LogP contribution >= 0.6 is 11.3 Å². The number of nitrogens with zero attached hydrogens (tertiary/aromatic N) is 3. The summed E-state index contributed by atoms with van der Waals surface area (Å²) < 4.78 is 42.7. The van der Waals surface area contributed by atoms with Gasteiger partial charge in [-0.05, 0) is 25.3 Å². The standard InChI is InChI=1S/C21H25FN4O4S2/c1-13(2)11-16-24-17(18(31-16)32(29,30)25-20(27)28)15-7-5-14(6-8-15)12-26-10-9-23-19(26)21(3,4)22/h5-10,13,25H,11-12H2,1-4H3,(H,27,28). The van der Waals surface area contributed by atoms with E-state index in [0.29, 0.717) is 29.4 Å². The fourth-order valence-electron chi connectivity index (χ4n) is 3.23. The molecule has 0 aliphatic carbocycles.